The summed E-state index contributed by atoms with van der Waals surface area (Å²) in [6.07, 6.45) is 0. The lowest BCUT2D eigenvalue weighted by Gasteiger charge is -2.13. The van der Waals surface area contributed by atoms with Crippen LogP contribution in [0.4, 0.5) is 5.69 Å². The molecular weight excluding hydrogens is 456 g/mol. The predicted octanol–water partition coefficient (Wildman–Crippen LogP) is 5.65. The van der Waals surface area contributed by atoms with E-state index in [1.165, 1.54) is 16.5 Å². The van der Waals surface area contributed by atoms with Crippen LogP contribution in [0.5, 0.6) is 0 Å². The largest absolute Gasteiger partial charge is 0.462 e. The summed E-state index contributed by atoms with van der Waals surface area (Å²) < 4.78 is 8.25. The van der Waals surface area contributed by atoms with Crippen molar-refractivity contribution in [3.05, 3.63) is 59.5 Å². The standard InChI is InChI=1S/C24H24N4O3S2/c1-4-31-23(30)16-9-11-17(12-10-16)25-21(29)14-33-24-27-26-22(28(24)15(2)3)19-13-32-20-8-6-5-7-18(19)20/h5-13,15H,4,14H2,1-3H3,(H,25,29). The number of hydrogen-bond acceptors (Lipinski definition) is 7. The minimum Gasteiger partial charge on any atom is -0.462 e. The molecule has 2 aromatic carbocycles. The molecule has 4 aromatic rings. The van der Waals surface area contributed by atoms with Crippen molar-refractivity contribution in [2.75, 3.05) is 17.7 Å². The van der Waals surface area contributed by atoms with Crippen LogP contribution in [0.15, 0.2) is 59.1 Å². The van der Waals surface area contributed by atoms with Gasteiger partial charge in [-0.25, -0.2) is 4.79 Å². The molecule has 1 amide bonds. The Morgan fingerprint density at radius 2 is 1.88 bits per heavy atom. The van der Waals surface area contributed by atoms with Crippen LogP contribution < -0.4 is 5.32 Å². The van der Waals surface area contributed by atoms with E-state index in [0.717, 1.165) is 16.8 Å². The first-order valence-corrected chi connectivity index (χ1v) is 12.5. The Kier molecular flexibility index (Phi) is 7.10. The molecule has 0 aliphatic carbocycles. The minimum absolute atomic E-state index is 0.134. The topological polar surface area (TPSA) is 86.1 Å². The Bertz CT molecular complexity index is 1280. The smallest absolute Gasteiger partial charge is 0.338 e. The molecular formula is C24H24N4O3S2. The molecule has 0 fully saturated rings. The fourth-order valence-electron chi connectivity index (χ4n) is 3.41. The van der Waals surface area contributed by atoms with Crippen molar-refractivity contribution in [1.82, 2.24) is 14.8 Å². The summed E-state index contributed by atoms with van der Waals surface area (Å²) in [5.41, 5.74) is 2.11. The van der Waals surface area contributed by atoms with Gasteiger partial charge in [-0.15, -0.1) is 21.5 Å². The molecule has 7 nitrogen and oxygen atoms in total. The Hall–Kier alpha value is -3.17. The number of anilines is 1. The van der Waals surface area contributed by atoms with Crippen molar-refractivity contribution >= 4 is 50.7 Å². The highest BCUT2D eigenvalue weighted by molar-refractivity contribution is 7.99. The monoisotopic (exact) mass is 480 g/mol. The van der Waals surface area contributed by atoms with E-state index < -0.39 is 0 Å². The SMILES string of the molecule is CCOC(=O)c1ccc(NC(=O)CSc2nnc(-c3csc4ccccc34)n2C(C)C)cc1. The highest BCUT2D eigenvalue weighted by Crippen LogP contribution is 2.35. The number of thioether (sulfide) groups is 1. The fourth-order valence-corrected chi connectivity index (χ4v) is 5.21. The van der Waals surface area contributed by atoms with Crippen LogP contribution in [0.1, 0.15) is 37.2 Å². The summed E-state index contributed by atoms with van der Waals surface area (Å²) >= 11 is 3.03. The van der Waals surface area contributed by atoms with E-state index in [2.05, 4.69) is 51.4 Å². The number of aromatic nitrogens is 3. The molecule has 1 N–H and O–H groups in total. The normalized spacial score (nSPS) is 11.2. The summed E-state index contributed by atoms with van der Waals surface area (Å²) in [5.74, 6) is 0.451. The van der Waals surface area contributed by atoms with Gasteiger partial charge in [0.05, 0.1) is 17.9 Å². The van der Waals surface area contributed by atoms with Gasteiger partial charge in [0.2, 0.25) is 5.91 Å². The van der Waals surface area contributed by atoms with Crippen molar-refractivity contribution in [1.29, 1.82) is 0 Å². The van der Waals surface area contributed by atoms with Crippen LogP contribution in [0.25, 0.3) is 21.5 Å². The van der Waals surface area contributed by atoms with Crippen LogP contribution >= 0.6 is 23.1 Å². The number of rotatable bonds is 8. The average Bonchev–Trinajstić information content (AvgIpc) is 3.42. The fraction of sp³-hybridized carbons (Fsp3) is 0.250. The molecule has 0 aliphatic rings. The molecule has 0 atom stereocenters. The second-order valence-corrected chi connectivity index (χ2v) is 9.40. The first kappa shape index (κ1) is 23.0. The zero-order valence-corrected chi connectivity index (χ0v) is 20.2. The lowest BCUT2D eigenvalue weighted by atomic mass is 10.1. The Morgan fingerprint density at radius 1 is 1.12 bits per heavy atom. The van der Waals surface area contributed by atoms with E-state index in [1.807, 2.05) is 12.1 Å². The van der Waals surface area contributed by atoms with Gasteiger partial charge >= 0.3 is 5.97 Å². The number of fused-ring (bicyclic) bond motifs is 1. The average molecular weight is 481 g/mol. The number of thiophene rings is 1. The molecule has 0 bridgehead atoms. The molecule has 2 aromatic heterocycles. The number of carbonyl (C=O) groups is 2. The molecule has 2 heterocycles. The lowest BCUT2D eigenvalue weighted by Crippen LogP contribution is -2.15. The van der Waals surface area contributed by atoms with Gasteiger partial charge in [0.1, 0.15) is 0 Å². The van der Waals surface area contributed by atoms with E-state index >= 15 is 0 Å². The van der Waals surface area contributed by atoms with Gasteiger partial charge < -0.3 is 10.1 Å². The third-order valence-corrected chi connectivity index (χ3v) is 6.82. The second kappa shape index (κ2) is 10.2. The van der Waals surface area contributed by atoms with Gasteiger partial charge in [0, 0.05) is 32.8 Å². The third-order valence-electron chi connectivity index (χ3n) is 4.91. The number of hydrogen-bond donors (Lipinski definition) is 1. The number of ether oxygens (including phenoxy) is 1. The maximum Gasteiger partial charge on any atom is 0.338 e. The van der Waals surface area contributed by atoms with E-state index in [-0.39, 0.29) is 23.7 Å². The van der Waals surface area contributed by atoms with Crippen LogP contribution in [0.2, 0.25) is 0 Å². The Balaban J connectivity index is 1.45. The maximum atomic E-state index is 12.5. The molecule has 170 valence electrons. The second-order valence-electron chi connectivity index (χ2n) is 7.55. The van der Waals surface area contributed by atoms with Gasteiger partial charge in [-0.05, 0) is 51.1 Å². The van der Waals surface area contributed by atoms with Gasteiger partial charge in [-0.3, -0.25) is 9.36 Å². The number of esters is 1. The summed E-state index contributed by atoms with van der Waals surface area (Å²) in [4.78, 5) is 24.3. The molecule has 0 radical (unpaired) electrons. The van der Waals surface area contributed by atoms with Crippen LogP contribution in [0.3, 0.4) is 0 Å². The van der Waals surface area contributed by atoms with Gasteiger partial charge in [-0.1, -0.05) is 30.0 Å². The number of amides is 1. The first-order chi connectivity index (χ1) is 16.0. The van der Waals surface area contributed by atoms with Crippen molar-refractivity contribution in [3.63, 3.8) is 0 Å². The van der Waals surface area contributed by atoms with Gasteiger partial charge in [0.15, 0.2) is 11.0 Å². The summed E-state index contributed by atoms with van der Waals surface area (Å²) in [5, 5.41) is 15.6. The lowest BCUT2D eigenvalue weighted by molar-refractivity contribution is -0.113. The summed E-state index contributed by atoms with van der Waals surface area (Å²) in [6.45, 7) is 6.24. The molecule has 0 unspecified atom stereocenters. The van der Waals surface area contributed by atoms with E-state index in [9.17, 15) is 9.59 Å². The molecule has 0 spiro atoms. The number of benzene rings is 2. The number of nitrogens with one attached hydrogen (secondary N) is 1. The molecule has 9 heteroatoms. The summed E-state index contributed by atoms with van der Waals surface area (Å²) in [7, 11) is 0. The van der Waals surface area contributed by atoms with Gasteiger partial charge in [0.25, 0.3) is 0 Å². The zero-order valence-electron chi connectivity index (χ0n) is 18.6. The molecule has 0 saturated carbocycles. The van der Waals surface area contributed by atoms with Crippen LogP contribution in [-0.2, 0) is 9.53 Å². The van der Waals surface area contributed by atoms with Crippen LogP contribution in [0, 0.1) is 0 Å². The first-order valence-electron chi connectivity index (χ1n) is 10.6. The molecule has 33 heavy (non-hydrogen) atoms. The highest BCUT2D eigenvalue weighted by Gasteiger charge is 2.20. The van der Waals surface area contributed by atoms with E-state index in [4.69, 9.17) is 4.74 Å². The summed E-state index contributed by atoms with van der Waals surface area (Å²) in [6, 6.07) is 15.0. The third kappa shape index (κ3) is 5.09. The number of carbonyl (C=O) groups excluding carboxylic acids is 2. The molecule has 0 aliphatic heterocycles. The molecule has 0 saturated heterocycles. The van der Waals surface area contributed by atoms with Crippen molar-refractivity contribution in [2.45, 2.75) is 32.0 Å². The highest BCUT2D eigenvalue weighted by atomic mass is 32.2. The predicted molar refractivity (Wildman–Crippen MR) is 133 cm³/mol. The maximum absolute atomic E-state index is 12.5. The minimum atomic E-state index is -0.381. The van der Waals surface area contributed by atoms with Crippen molar-refractivity contribution < 1.29 is 14.3 Å². The van der Waals surface area contributed by atoms with E-state index in [0.29, 0.717) is 23.0 Å². The number of nitrogens with zero attached hydrogens (tertiary/aromatic N) is 3. The van der Waals surface area contributed by atoms with Gasteiger partial charge in [-0.2, -0.15) is 0 Å². The van der Waals surface area contributed by atoms with Crippen molar-refractivity contribution in [3.8, 4) is 11.4 Å². The van der Waals surface area contributed by atoms with Crippen molar-refractivity contribution in [2.24, 2.45) is 0 Å². The molecule has 4 rings (SSSR count). The Morgan fingerprint density at radius 3 is 2.61 bits per heavy atom. The van der Waals surface area contributed by atoms with Crippen LogP contribution in [-0.4, -0.2) is 39.0 Å². The quantitative estimate of drug-likeness (QED) is 0.259. The Labute approximate surface area is 200 Å². The zero-order chi connectivity index (χ0) is 23.4. The van der Waals surface area contributed by atoms with E-state index in [1.54, 1.807) is 42.5 Å².